The van der Waals surface area contributed by atoms with E-state index < -0.39 is 17.4 Å². The summed E-state index contributed by atoms with van der Waals surface area (Å²) in [5.41, 5.74) is 0.997. The van der Waals surface area contributed by atoms with Crippen LogP contribution in [0.5, 0.6) is 0 Å². The highest BCUT2D eigenvalue weighted by molar-refractivity contribution is 6.09. The fourth-order valence-electron chi connectivity index (χ4n) is 5.68. The van der Waals surface area contributed by atoms with Crippen molar-refractivity contribution in [3.63, 3.8) is 0 Å². The Hall–Kier alpha value is -3.09. The molecule has 33 heavy (non-hydrogen) atoms. The molecule has 2 aromatic rings. The lowest BCUT2D eigenvalue weighted by molar-refractivity contribution is -0.148. The highest BCUT2D eigenvalue weighted by Crippen LogP contribution is 2.54. The quantitative estimate of drug-likeness (QED) is 0.647. The maximum atomic E-state index is 14.2. The van der Waals surface area contributed by atoms with Crippen molar-refractivity contribution < 1.29 is 23.5 Å². The van der Waals surface area contributed by atoms with Crippen molar-refractivity contribution in [2.75, 3.05) is 24.6 Å². The number of para-hydroxylation sites is 1. The Kier molecular flexibility index (Phi) is 5.10. The molecule has 0 spiro atoms. The molecule has 3 atom stereocenters. The molecule has 0 radical (unpaired) electrons. The number of rotatable bonds is 5. The zero-order valence-corrected chi connectivity index (χ0v) is 19.6. The first kappa shape index (κ1) is 21.7. The molecule has 1 saturated carbocycles. The summed E-state index contributed by atoms with van der Waals surface area (Å²) in [6.45, 7) is 8.12. The average Bonchev–Trinajstić information content (AvgIpc) is 3.46. The number of furan rings is 1. The van der Waals surface area contributed by atoms with Gasteiger partial charge >= 0.3 is 5.97 Å². The Bertz CT molecular complexity index is 1130. The molecule has 3 heterocycles. The van der Waals surface area contributed by atoms with Gasteiger partial charge in [-0.2, -0.15) is 0 Å². The van der Waals surface area contributed by atoms with Gasteiger partial charge in [0.2, 0.25) is 0 Å². The number of hydrogen-bond donors (Lipinski definition) is 0. The molecule has 2 amide bonds. The minimum atomic E-state index is -1.20. The zero-order chi connectivity index (χ0) is 23.5. The number of nitrogens with zero attached hydrogens (tertiary/aromatic N) is 2. The lowest BCUT2D eigenvalue weighted by Gasteiger charge is -2.46. The molecule has 2 aliphatic heterocycles. The summed E-state index contributed by atoms with van der Waals surface area (Å²) in [6.07, 6.45) is 2.21. The van der Waals surface area contributed by atoms with Gasteiger partial charge in [-0.15, -0.1) is 0 Å². The van der Waals surface area contributed by atoms with Crippen LogP contribution in [0.1, 0.15) is 60.0 Å². The largest absolute Gasteiger partial charge is 0.466 e. The summed E-state index contributed by atoms with van der Waals surface area (Å²) in [6, 6.07) is 9.49. The Morgan fingerprint density at radius 1 is 1.21 bits per heavy atom. The molecule has 1 aromatic heterocycles. The predicted octanol–water partition coefficient (Wildman–Crippen LogP) is 3.83. The van der Waals surface area contributed by atoms with Crippen LogP contribution in [0.4, 0.5) is 5.69 Å². The first-order chi connectivity index (χ1) is 15.8. The van der Waals surface area contributed by atoms with E-state index in [2.05, 4.69) is 0 Å². The molecular weight excluding hydrogens is 420 g/mol. The Balaban J connectivity index is 1.66. The van der Waals surface area contributed by atoms with Gasteiger partial charge in [-0.25, -0.2) is 0 Å². The summed E-state index contributed by atoms with van der Waals surface area (Å²) >= 11 is 0. The molecule has 0 bridgehead atoms. The van der Waals surface area contributed by atoms with Crippen LogP contribution in [0.3, 0.4) is 0 Å². The van der Waals surface area contributed by atoms with Gasteiger partial charge in [0.1, 0.15) is 17.1 Å². The van der Waals surface area contributed by atoms with Crippen molar-refractivity contribution in [3.8, 4) is 0 Å². The van der Waals surface area contributed by atoms with Crippen molar-refractivity contribution in [2.24, 2.45) is 11.8 Å². The number of carbonyl (C=O) groups is 3. The van der Waals surface area contributed by atoms with E-state index in [0.717, 1.165) is 24.1 Å². The second kappa shape index (κ2) is 7.75. The summed E-state index contributed by atoms with van der Waals surface area (Å²) in [5, 5.41) is 0. The number of amides is 2. The molecule has 0 N–H and O–H groups in total. The monoisotopic (exact) mass is 450 g/mol. The van der Waals surface area contributed by atoms with Crippen LogP contribution in [0.15, 0.2) is 34.7 Å². The van der Waals surface area contributed by atoms with E-state index in [0.29, 0.717) is 29.5 Å². The van der Waals surface area contributed by atoms with Crippen molar-refractivity contribution in [3.05, 3.63) is 53.0 Å². The fraction of sp³-hybridized carbons (Fsp3) is 0.500. The summed E-state index contributed by atoms with van der Waals surface area (Å²) in [4.78, 5) is 44.5. The van der Waals surface area contributed by atoms with Crippen LogP contribution in [-0.2, 0) is 14.3 Å². The van der Waals surface area contributed by atoms with Gasteiger partial charge in [0.25, 0.3) is 11.8 Å². The van der Waals surface area contributed by atoms with Crippen LogP contribution in [0.25, 0.3) is 0 Å². The molecule has 1 aromatic carbocycles. The van der Waals surface area contributed by atoms with Crippen molar-refractivity contribution >= 4 is 23.5 Å². The molecule has 174 valence electrons. The van der Waals surface area contributed by atoms with E-state index in [1.165, 1.54) is 0 Å². The van der Waals surface area contributed by atoms with Gasteiger partial charge in [-0.1, -0.05) is 18.2 Å². The Morgan fingerprint density at radius 2 is 1.94 bits per heavy atom. The first-order valence-corrected chi connectivity index (χ1v) is 11.7. The SMILES string of the molecule is CCOC(=O)[C@H]1CN(C(=O)c2cc(C)oc2C)[C@]2(C)C(=O)N(CC3CC3)c3ccccc3[C@H]12. The van der Waals surface area contributed by atoms with E-state index >= 15 is 0 Å². The topological polar surface area (TPSA) is 80.1 Å². The van der Waals surface area contributed by atoms with E-state index in [4.69, 9.17) is 9.15 Å². The van der Waals surface area contributed by atoms with Crippen LogP contribution < -0.4 is 4.90 Å². The molecular formula is C26H30N2O5. The number of carbonyl (C=O) groups excluding carboxylic acids is 3. The first-order valence-electron chi connectivity index (χ1n) is 11.7. The molecule has 0 unspecified atom stereocenters. The number of aryl methyl sites for hydroxylation is 2. The summed E-state index contributed by atoms with van der Waals surface area (Å²) < 4.78 is 11.0. The number of hydrogen-bond acceptors (Lipinski definition) is 5. The molecule has 3 aliphatic rings. The highest BCUT2D eigenvalue weighted by Gasteiger charge is 2.64. The lowest BCUT2D eigenvalue weighted by atomic mass is 9.72. The predicted molar refractivity (Wildman–Crippen MR) is 122 cm³/mol. The zero-order valence-electron chi connectivity index (χ0n) is 19.6. The standard InChI is InChI=1S/C26H30N2O5/c1-5-32-24(30)20-14-28(23(29)19-12-15(2)33-16(19)3)26(4)22(20)18-8-6-7-9-21(18)27(25(26)31)13-17-10-11-17/h6-9,12,17,20,22H,5,10-11,13-14H2,1-4H3/t20-,22+,26-/m0/s1. The number of anilines is 1. The van der Waals surface area contributed by atoms with Gasteiger partial charge in [-0.05, 0) is 64.2 Å². The smallest absolute Gasteiger partial charge is 0.311 e. The van der Waals surface area contributed by atoms with E-state index in [-0.39, 0.29) is 30.9 Å². The highest BCUT2D eigenvalue weighted by atomic mass is 16.5. The molecule has 1 aliphatic carbocycles. The Labute approximate surface area is 193 Å². The third kappa shape index (κ3) is 3.28. The fourth-order valence-corrected chi connectivity index (χ4v) is 5.68. The number of likely N-dealkylation sites (tertiary alicyclic amines) is 1. The molecule has 5 rings (SSSR count). The maximum absolute atomic E-state index is 14.2. The summed E-state index contributed by atoms with van der Waals surface area (Å²) in [5.74, 6) is -0.271. The normalized spacial score (nSPS) is 26.2. The average molecular weight is 451 g/mol. The van der Waals surface area contributed by atoms with Crippen LogP contribution in [0.2, 0.25) is 0 Å². The third-order valence-electron chi connectivity index (χ3n) is 7.43. The third-order valence-corrected chi connectivity index (χ3v) is 7.43. The van der Waals surface area contributed by atoms with Crippen molar-refractivity contribution in [1.29, 1.82) is 0 Å². The maximum Gasteiger partial charge on any atom is 0.311 e. The minimum Gasteiger partial charge on any atom is -0.466 e. The van der Waals surface area contributed by atoms with E-state index in [1.807, 2.05) is 36.1 Å². The van der Waals surface area contributed by atoms with Crippen molar-refractivity contribution in [1.82, 2.24) is 4.90 Å². The summed E-state index contributed by atoms with van der Waals surface area (Å²) in [7, 11) is 0. The number of ether oxygens (including phenoxy) is 1. The van der Waals surface area contributed by atoms with Gasteiger partial charge in [-0.3, -0.25) is 14.4 Å². The van der Waals surface area contributed by atoms with Gasteiger partial charge in [0.05, 0.1) is 18.1 Å². The van der Waals surface area contributed by atoms with Crippen LogP contribution in [-0.4, -0.2) is 47.9 Å². The molecule has 7 nitrogen and oxygen atoms in total. The molecule has 1 saturated heterocycles. The van der Waals surface area contributed by atoms with E-state index in [1.54, 1.807) is 31.7 Å². The van der Waals surface area contributed by atoms with Gasteiger partial charge in [0.15, 0.2) is 0 Å². The van der Waals surface area contributed by atoms with Crippen molar-refractivity contribution in [2.45, 2.75) is 52.0 Å². The van der Waals surface area contributed by atoms with Crippen LogP contribution >= 0.6 is 0 Å². The Morgan fingerprint density at radius 3 is 2.58 bits per heavy atom. The second-order valence-corrected chi connectivity index (χ2v) is 9.64. The lowest BCUT2D eigenvalue weighted by Crippen LogP contribution is -2.62. The number of esters is 1. The number of benzene rings is 1. The molecule has 2 fully saturated rings. The molecule has 7 heteroatoms. The van der Waals surface area contributed by atoms with Gasteiger partial charge in [0, 0.05) is 24.7 Å². The minimum absolute atomic E-state index is 0.125. The van der Waals surface area contributed by atoms with E-state index in [9.17, 15) is 14.4 Å². The van der Waals surface area contributed by atoms with Gasteiger partial charge < -0.3 is 19.0 Å². The number of fused-ring (bicyclic) bond motifs is 3. The second-order valence-electron chi connectivity index (χ2n) is 9.64. The van der Waals surface area contributed by atoms with Crippen LogP contribution in [0, 0.1) is 25.7 Å².